The van der Waals surface area contributed by atoms with Crippen molar-refractivity contribution in [1.29, 1.82) is 0 Å². The molecule has 0 atom stereocenters. The van der Waals surface area contributed by atoms with E-state index in [4.69, 9.17) is 4.74 Å². The fourth-order valence-corrected chi connectivity index (χ4v) is 9.42. The van der Waals surface area contributed by atoms with Gasteiger partial charge in [0.2, 0.25) is 0 Å². The molecule has 1 aliphatic carbocycles. The highest BCUT2D eigenvalue weighted by Gasteiger charge is 2.39. The third-order valence-electron chi connectivity index (χ3n) is 12.0. The van der Waals surface area contributed by atoms with Crippen LogP contribution in [-0.2, 0) is 5.41 Å². The van der Waals surface area contributed by atoms with E-state index in [2.05, 4.69) is 230 Å². The minimum atomic E-state index is -0.209. The van der Waals surface area contributed by atoms with Gasteiger partial charge in [-0.25, -0.2) is 0 Å². The first-order chi connectivity index (χ1) is 28.6. The van der Waals surface area contributed by atoms with E-state index in [1.54, 1.807) is 0 Å². The molecule has 0 radical (unpaired) electrons. The monoisotopic (exact) mass is 744 g/mol. The maximum absolute atomic E-state index is 7.10. The molecule has 1 heterocycles. The molecular weight excluding hydrogens is 705 g/mol. The van der Waals surface area contributed by atoms with Crippen molar-refractivity contribution in [3.05, 3.63) is 217 Å². The molecule has 0 saturated heterocycles. The zero-order valence-corrected chi connectivity index (χ0v) is 32.4. The van der Waals surface area contributed by atoms with Gasteiger partial charge in [0, 0.05) is 38.8 Å². The van der Waals surface area contributed by atoms with Crippen LogP contribution in [0.15, 0.2) is 206 Å². The molecule has 0 saturated carbocycles. The van der Waals surface area contributed by atoms with Crippen molar-refractivity contribution in [2.75, 3.05) is 9.80 Å². The van der Waals surface area contributed by atoms with Gasteiger partial charge in [0.15, 0.2) is 5.75 Å². The van der Waals surface area contributed by atoms with Crippen molar-refractivity contribution in [3.63, 3.8) is 0 Å². The van der Waals surface area contributed by atoms with Crippen molar-refractivity contribution >= 4 is 44.9 Å². The Kier molecular flexibility index (Phi) is 7.84. The molecule has 9 aromatic rings. The van der Waals surface area contributed by atoms with Crippen molar-refractivity contribution in [3.8, 4) is 44.9 Å². The summed E-state index contributed by atoms with van der Waals surface area (Å²) in [6, 6.07) is 74.0. The molecule has 2 aliphatic rings. The lowest BCUT2D eigenvalue weighted by molar-refractivity contribution is 0.488. The molecule has 58 heavy (non-hydrogen) atoms. The fraction of sp³-hybridized carbons (Fsp3) is 0.0545. The Hall–Kier alpha value is -7.36. The van der Waals surface area contributed by atoms with E-state index in [-0.39, 0.29) is 5.41 Å². The number of rotatable bonds is 7. The Labute approximate surface area is 339 Å². The first kappa shape index (κ1) is 33.9. The highest BCUT2D eigenvalue weighted by atomic mass is 16.5. The lowest BCUT2D eigenvalue weighted by Crippen LogP contribution is -2.21. The zero-order valence-electron chi connectivity index (χ0n) is 32.4. The minimum Gasteiger partial charge on any atom is -0.454 e. The van der Waals surface area contributed by atoms with Crippen molar-refractivity contribution in [2.45, 2.75) is 19.3 Å². The lowest BCUT2D eigenvalue weighted by Gasteiger charge is -2.34. The number of anilines is 6. The summed E-state index contributed by atoms with van der Waals surface area (Å²) in [5.41, 5.74) is 16.2. The fourth-order valence-electron chi connectivity index (χ4n) is 9.42. The normalized spacial score (nSPS) is 12.9. The number of hydrogen-bond donors (Lipinski definition) is 0. The smallest absolute Gasteiger partial charge is 0.159 e. The summed E-state index contributed by atoms with van der Waals surface area (Å²) in [6.45, 7) is 4.73. The minimum absolute atomic E-state index is 0.209. The molecule has 0 N–H and O–H groups in total. The van der Waals surface area contributed by atoms with E-state index in [9.17, 15) is 0 Å². The Morgan fingerprint density at radius 3 is 1.66 bits per heavy atom. The summed E-state index contributed by atoms with van der Waals surface area (Å²) in [7, 11) is 0. The van der Waals surface area contributed by atoms with Crippen LogP contribution in [0.25, 0.3) is 44.2 Å². The molecule has 276 valence electrons. The number of hydrogen-bond acceptors (Lipinski definition) is 3. The topological polar surface area (TPSA) is 15.7 Å². The van der Waals surface area contributed by atoms with Crippen molar-refractivity contribution in [1.82, 2.24) is 0 Å². The molecule has 0 fully saturated rings. The highest BCUT2D eigenvalue weighted by Crippen LogP contribution is 2.57. The van der Waals surface area contributed by atoms with Crippen LogP contribution in [0, 0.1) is 0 Å². The second-order valence-electron chi connectivity index (χ2n) is 15.7. The molecule has 3 nitrogen and oxygen atoms in total. The van der Waals surface area contributed by atoms with E-state index in [1.807, 2.05) is 0 Å². The zero-order chi connectivity index (χ0) is 38.8. The van der Waals surface area contributed by atoms with E-state index in [0.717, 1.165) is 61.8 Å². The van der Waals surface area contributed by atoms with Gasteiger partial charge in [0.1, 0.15) is 5.75 Å². The summed E-state index contributed by atoms with van der Waals surface area (Å²) < 4.78 is 7.10. The second-order valence-corrected chi connectivity index (χ2v) is 15.7. The van der Waals surface area contributed by atoms with Crippen LogP contribution < -0.4 is 14.5 Å². The van der Waals surface area contributed by atoms with Gasteiger partial charge in [0.05, 0.1) is 17.1 Å². The van der Waals surface area contributed by atoms with E-state index in [0.29, 0.717) is 0 Å². The van der Waals surface area contributed by atoms with Gasteiger partial charge in [-0.15, -0.1) is 0 Å². The molecule has 1 aliphatic heterocycles. The summed E-state index contributed by atoms with van der Waals surface area (Å²) in [5, 5.41) is 2.24. The van der Waals surface area contributed by atoms with Crippen molar-refractivity contribution in [2.24, 2.45) is 0 Å². The molecule has 9 aromatic carbocycles. The maximum atomic E-state index is 7.10. The molecular formula is C55H40N2O. The van der Waals surface area contributed by atoms with Gasteiger partial charge in [-0.1, -0.05) is 159 Å². The third kappa shape index (κ3) is 5.28. The molecule has 3 heteroatoms. The number of para-hydroxylation sites is 3. The largest absolute Gasteiger partial charge is 0.454 e. The van der Waals surface area contributed by atoms with Crippen LogP contribution in [0.3, 0.4) is 0 Å². The summed E-state index contributed by atoms with van der Waals surface area (Å²) >= 11 is 0. The van der Waals surface area contributed by atoms with Gasteiger partial charge in [-0.05, 0) is 99.6 Å². The molecule has 0 spiro atoms. The average molecular weight is 745 g/mol. The van der Waals surface area contributed by atoms with E-state index < -0.39 is 0 Å². The number of ether oxygens (including phenoxy) is 1. The SMILES string of the molecule is CC1(C)c2ccccc2-c2cccc(N(c3ccc(-c4ccccc4)cc3)c3ccc4c5c(cccc35)-c3cccc(N(c5ccccc5)c5ccccc5)c3O4)c21. The predicted molar refractivity (Wildman–Crippen MR) is 242 cm³/mol. The second kappa shape index (κ2) is 13.4. The van der Waals surface area contributed by atoms with Crippen LogP contribution in [-0.4, -0.2) is 0 Å². The van der Waals surface area contributed by atoms with Gasteiger partial charge in [-0.3, -0.25) is 0 Å². The Balaban J connectivity index is 1.12. The maximum Gasteiger partial charge on any atom is 0.159 e. The van der Waals surface area contributed by atoms with Crippen molar-refractivity contribution < 1.29 is 4.74 Å². The van der Waals surface area contributed by atoms with E-state index in [1.165, 1.54) is 39.1 Å². The van der Waals surface area contributed by atoms with Gasteiger partial charge in [0.25, 0.3) is 0 Å². The van der Waals surface area contributed by atoms with Gasteiger partial charge in [-0.2, -0.15) is 0 Å². The lowest BCUT2D eigenvalue weighted by atomic mass is 9.81. The average Bonchev–Trinajstić information content (AvgIpc) is 3.52. The van der Waals surface area contributed by atoms with Crippen LogP contribution in [0.2, 0.25) is 0 Å². The summed E-state index contributed by atoms with van der Waals surface area (Å²) in [6.07, 6.45) is 0. The summed E-state index contributed by atoms with van der Waals surface area (Å²) in [4.78, 5) is 4.76. The van der Waals surface area contributed by atoms with Gasteiger partial charge >= 0.3 is 0 Å². The molecule has 11 rings (SSSR count). The molecule has 0 aromatic heterocycles. The van der Waals surface area contributed by atoms with Crippen LogP contribution in [0.1, 0.15) is 25.0 Å². The Morgan fingerprint density at radius 1 is 0.379 bits per heavy atom. The summed E-state index contributed by atoms with van der Waals surface area (Å²) in [5.74, 6) is 1.69. The standard InChI is InChI=1S/C55H40N2O/c1-55(2)47-28-13-12-23-42(47)44-25-15-29-49(53(44)55)57(41-33-31-38(32-34-41)37-17-6-3-7-18-37)48-35-36-51-52-43(24-14-27-46(48)52)45-26-16-30-50(54(45)58-51)56(39-19-8-4-9-20-39)40-21-10-5-11-22-40/h3-36H,1-2H3. The molecule has 0 amide bonds. The number of fused-ring (bicyclic) bond motifs is 5. The van der Waals surface area contributed by atoms with Crippen LogP contribution in [0.4, 0.5) is 34.1 Å². The third-order valence-corrected chi connectivity index (χ3v) is 12.0. The van der Waals surface area contributed by atoms with E-state index >= 15 is 0 Å². The quantitative estimate of drug-likeness (QED) is 0.162. The predicted octanol–water partition coefficient (Wildman–Crippen LogP) is 15.5. The molecule has 0 bridgehead atoms. The van der Waals surface area contributed by atoms with Crippen LogP contribution >= 0.6 is 0 Å². The highest BCUT2D eigenvalue weighted by molar-refractivity contribution is 6.12. The first-order valence-corrected chi connectivity index (χ1v) is 20.0. The Bertz CT molecular complexity index is 2950. The first-order valence-electron chi connectivity index (χ1n) is 20.0. The number of benzene rings is 9. The number of nitrogens with zero attached hydrogens (tertiary/aromatic N) is 2. The molecule has 0 unspecified atom stereocenters. The van der Waals surface area contributed by atoms with Crippen LogP contribution in [0.5, 0.6) is 11.5 Å². The van der Waals surface area contributed by atoms with Gasteiger partial charge < -0.3 is 14.5 Å². The Morgan fingerprint density at radius 2 is 0.931 bits per heavy atom.